The van der Waals surface area contributed by atoms with E-state index in [4.69, 9.17) is 5.11 Å². The molecule has 3 nitrogen and oxygen atoms in total. The lowest BCUT2D eigenvalue weighted by Crippen LogP contribution is -2.36. The van der Waals surface area contributed by atoms with E-state index < -0.39 is 5.97 Å². The number of rotatable bonds is 7. The molecule has 0 aromatic carbocycles. The molecular weight excluding hydrogens is 178 g/mol. The molecule has 0 bridgehead atoms. The van der Waals surface area contributed by atoms with Crippen LogP contribution < -0.4 is 5.32 Å². The number of hydrogen-bond acceptors (Lipinski definition) is 2. The smallest absolute Gasteiger partial charge is 0.304 e. The van der Waals surface area contributed by atoms with E-state index in [9.17, 15) is 4.79 Å². The Morgan fingerprint density at radius 3 is 2.29 bits per heavy atom. The molecule has 0 aliphatic heterocycles. The van der Waals surface area contributed by atoms with Crippen LogP contribution in [0.15, 0.2) is 0 Å². The fourth-order valence-electron chi connectivity index (χ4n) is 1.64. The zero-order chi connectivity index (χ0) is 11.1. The Balaban J connectivity index is 3.70. The molecule has 0 aromatic rings. The molecule has 0 heterocycles. The predicted octanol–water partition coefficient (Wildman–Crippen LogP) is 2.26. The largest absolute Gasteiger partial charge is 0.481 e. The quantitative estimate of drug-likeness (QED) is 0.664. The molecule has 2 N–H and O–H groups in total. The van der Waals surface area contributed by atoms with Gasteiger partial charge in [-0.3, -0.25) is 4.79 Å². The summed E-state index contributed by atoms with van der Waals surface area (Å²) in [7, 11) is 0. The highest BCUT2D eigenvalue weighted by Crippen LogP contribution is 2.10. The van der Waals surface area contributed by atoms with Gasteiger partial charge in [0.1, 0.15) is 0 Å². The number of nitrogens with one attached hydrogen (secondary N) is 1. The number of carboxylic acid groups (broad SMARTS) is 1. The summed E-state index contributed by atoms with van der Waals surface area (Å²) in [6.45, 7) is 8.43. The fourth-order valence-corrected chi connectivity index (χ4v) is 1.64. The molecule has 14 heavy (non-hydrogen) atoms. The summed E-state index contributed by atoms with van der Waals surface area (Å²) in [6.07, 6.45) is 2.49. The Bertz CT molecular complexity index is 171. The lowest BCUT2D eigenvalue weighted by Gasteiger charge is -2.21. The molecule has 3 heteroatoms. The molecule has 3 unspecified atom stereocenters. The van der Waals surface area contributed by atoms with E-state index in [2.05, 4.69) is 26.1 Å². The zero-order valence-corrected chi connectivity index (χ0v) is 9.71. The predicted molar refractivity (Wildman–Crippen MR) is 58.4 cm³/mol. The van der Waals surface area contributed by atoms with Gasteiger partial charge in [0, 0.05) is 12.1 Å². The molecule has 0 fully saturated rings. The average molecular weight is 201 g/mol. The summed E-state index contributed by atoms with van der Waals surface area (Å²) < 4.78 is 0. The lowest BCUT2D eigenvalue weighted by molar-refractivity contribution is -0.137. The summed E-state index contributed by atoms with van der Waals surface area (Å²) in [6, 6.07) is 0.464. The molecule has 0 saturated heterocycles. The van der Waals surface area contributed by atoms with Crippen LogP contribution in [0.2, 0.25) is 0 Å². The van der Waals surface area contributed by atoms with Crippen molar-refractivity contribution in [3.63, 3.8) is 0 Å². The highest BCUT2D eigenvalue weighted by atomic mass is 16.4. The lowest BCUT2D eigenvalue weighted by atomic mass is 10.00. The molecule has 0 aromatic heterocycles. The minimum absolute atomic E-state index is 0.0616. The van der Waals surface area contributed by atoms with Crippen molar-refractivity contribution in [2.75, 3.05) is 0 Å². The first kappa shape index (κ1) is 13.4. The molecule has 3 atom stereocenters. The van der Waals surface area contributed by atoms with Gasteiger partial charge in [-0.1, -0.05) is 20.3 Å². The third-order valence-electron chi connectivity index (χ3n) is 2.50. The van der Waals surface area contributed by atoms with Crippen molar-refractivity contribution >= 4 is 5.97 Å². The molecule has 0 amide bonds. The van der Waals surface area contributed by atoms with Crippen molar-refractivity contribution < 1.29 is 9.90 Å². The van der Waals surface area contributed by atoms with Gasteiger partial charge >= 0.3 is 5.97 Å². The summed E-state index contributed by atoms with van der Waals surface area (Å²) in [5, 5.41) is 11.9. The van der Waals surface area contributed by atoms with Gasteiger partial charge in [-0.25, -0.2) is 0 Å². The van der Waals surface area contributed by atoms with Crippen LogP contribution in [0.3, 0.4) is 0 Å². The highest BCUT2D eigenvalue weighted by molar-refractivity contribution is 5.67. The Labute approximate surface area is 86.9 Å². The molecule has 84 valence electrons. The monoisotopic (exact) mass is 201 g/mol. The topological polar surface area (TPSA) is 49.3 Å². The van der Waals surface area contributed by atoms with Crippen LogP contribution >= 0.6 is 0 Å². The standard InChI is InChI=1S/C11H23NO2/c1-5-8(2)6-9(3)12-10(4)7-11(13)14/h8-10,12H,5-7H2,1-4H3,(H,13,14). The summed E-state index contributed by atoms with van der Waals surface area (Å²) in [5.74, 6) is -0.0322. The van der Waals surface area contributed by atoms with Crippen molar-refractivity contribution in [2.45, 2.75) is 59.0 Å². The van der Waals surface area contributed by atoms with E-state index in [1.807, 2.05) is 6.92 Å². The van der Waals surface area contributed by atoms with E-state index in [-0.39, 0.29) is 12.5 Å². The van der Waals surface area contributed by atoms with Gasteiger partial charge in [0.05, 0.1) is 6.42 Å². The third kappa shape index (κ3) is 6.89. The maximum absolute atomic E-state index is 10.4. The Morgan fingerprint density at radius 1 is 1.29 bits per heavy atom. The van der Waals surface area contributed by atoms with Crippen LogP contribution in [0.25, 0.3) is 0 Å². The van der Waals surface area contributed by atoms with Gasteiger partial charge in [-0.2, -0.15) is 0 Å². The number of carbonyl (C=O) groups is 1. The van der Waals surface area contributed by atoms with Crippen LogP contribution in [0.4, 0.5) is 0 Å². The van der Waals surface area contributed by atoms with Crippen molar-refractivity contribution in [2.24, 2.45) is 5.92 Å². The normalized spacial score (nSPS) is 17.4. The first-order chi connectivity index (χ1) is 6.45. The molecule has 0 aliphatic rings. The Morgan fingerprint density at radius 2 is 1.86 bits per heavy atom. The van der Waals surface area contributed by atoms with Crippen molar-refractivity contribution in [3.8, 4) is 0 Å². The summed E-state index contributed by atoms with van der Waals surface area (Å²) in [4.78, 5) is 10.4. The van der Waals surface area contributed by atoms with Crippen molar-refractivity contribution in [1.29, 1.82) is 0 Å². The summed E-state index contributed by atoms with van der Waals surface area (Å²) >= 11 is 0. The molecule has 0 spiro atoms. The van der Waals surface area contributed by atoms with Crippen molar-refractivity contribution in [3.05, 3.63) is 0 Å². The van der Waals surface area contributed by atoms with Gasteiger partial charge in [0.25, 0.3) is 0 Å². The van der Waals surface area contributed by atoms with Gasteiger partial charge in [0.2, 0.25) is 0 Å². The maximum Gasteiger partial charge on any atom is 0.304 e. The minimum Gasteiger partial charge on any atom is -0.481 e. The van der Waals surface area contributed by atoms with Gasteiger partial charge in [0.15, 0.2) is 0 Å². The zero-order valence-electron chi connectivity index (χ0n) is 9.71. The minimum atomic E-state index is -0.735. The van der Waals surface area contributed by atoms with Gasteiger partial charge in [-0.15, -0.1) is 0 Å². The van der Waals surface area contributed by atoms with E-state index in [0.29, 0.717) is 12.0 Å². The number of hydrogen-bond donors (Lipinski definition) is 2. The number of carboxylic acids is 1. The van der Waals surface area contributed by atoms with Crippen LogP contribution in [-0.4, -0.2) is 23.2 Å². The molecule has 0 rings (SSSR count). The van der Waals surface area contributed by atoms with Gasteiger partial charge < -0.3 is 10.4 Å². The second-order valence-electron chi connectivity index (χ2n) is 4.32. The first-order valence-corrected chi connectivity index (χ1v) is 5.43. The van der Waals surface area contributed by atoms with Gasteiger partial charge in [-0.05, 0) is 26.2 Å². The van der Waals surface area contributed by atoms with E-state index in [0.717, 1.165) is 6.42 Å². The third-order valence-corrected chi connectivity index (χ3v) is 2.50. The first-order valence-electron chi connectivity index (χ1n) is 5.43. The van der Waals surface area contributed by atoms with Crippen LogP contribution in [-0.2, 0) is 4.79 Å². The van der Waals surface area contributed by atoms with Crippen LogP contribution in [0, 0.1) is 5.92 Å². The molecule has 0 saturated carbocycles. The van der Waals surface area contributed by atoms with E-state index in [1.165, 1.54) is 6.42 Å². The maximum atomic E-state index is 10.4. The average Bonchev–Trinajstić information content (AvgIpc) is 2.01. The Kier molecular flexibility index (Phi) is 6.54. The molecule has 0 aliphatic carbocycles. The Hall–Kier alpha value is -0.570. The second-order valence-corrected chi connectivity index (χ2v) is 4.32. The second kappa shape index (κ2) is 6.82. The molecular formula is C11H23NO2. The number of aliphatic carboxylic acids is 1. The van der Waals surface area contributed by atoms with E-state index >= 15 is 0 Å². The van der Waals surface area contributed by atoms with Crippen LogP contribution in [0.5, 0.6) is 0 Å². The SMILES string of the molecule is CCC(C)CC(C)NC(C)CC(=O)O. The van der Waals surface area contributed by atoms with Crippen molar-refractivity contribution in [1.82, 2.24) is 5.32 Å². The summed E-state index contributed by atoms with van der Waals surface area (Å²) in [5.41, 5.74) is 0. The molecule has 0 radical (unpaired) electrons. The highest BCUT2D eigenvalue weighted by Gasteiger charge is 2.12. The fraction of sp³-hybridized carbons (Fsp3) is 0.909. The van der Waals surface area contributed by atoms with E-state index in [1.54, 1.807) is 0 Å². The van der Waals surface area contributed by atoms with Crippen LogP contribution in [0.1, 0.15) is 47.0 Å².